The van der Waals surface area contributed by atoms with Crippen LogP contribution in [0.3, 0.4) is 0 Å². The summed E-state index contributed by atoms with van der Waals surface area (Å²) >= 11 is 0. The molecule has 2 nitrogen and oxygen atoms in total. The predicted octanol–water partition coefficient (Wildman–Crippen LogP) is 7.96. The van der Waals surface area contributed by atoms with Gasteiger partial charge in [-0.2, -0.15) is 0 Å². The van der Waals surface area contributed by atoms with Gasteiger partial charge in [-0.05, 0) is 48.0 Å². The normalized spacial score (nSPS) is 21.5. The highest BCUT2D eigenvalue weighted by Gasteiger charge is 2.40. The molecule has 2 aliphatic carbocycles. The average molecular weight is 379 g/mol. The van der Waals surface area contributed by atoms with Crippen LogP contribution in [-0.2, 0) is 0 Å². The highest BCUT2D eigenvalue weighted by Crippen LogP contribution is 2.55. The molecule has 28 heavy (non-hydrogen) atoms. The Balaban J connectivity index is 0.000000194. The lowest BCUT2D eigenvalue weighted by Crippen LogP contribution is -2.06. The van der Waals surface area contributed by atoms with Crippen LogP contribution < -0.4 is 0 Å². The van der Waals surface area contributed by atoms with Gasteiger partial charge in [-0.3, -0.25) is 0 Å². The van der Waals surface area contributed by atoms with E-state index in [0.717, 1.165) is 29.3 Å². The van der Waals surface area contributed by atoms with Crippen molar-refractivity contribution in [3.8, 4) is 0 Å². The van der Waals surface area contributed by atoms with Crippen molar-refractivity contribution in [2.45, 2.75) is 85.5 Å². The summed E-state index contributed by atoms with van der Waals surface area (Å²) in [6.07, 6.45) is 10.8. The second-order valence-corrected chi connectivity index (χ2v) is 8.44. The lowest BCUT2D eigenvalue weighted by molar-refractivity contribution is 0.367. The summed E-state index contributed by atoms with van der Waals surface area (Å²) in [5.41, 5.74) is 4.31. The van der Waals surface area contributed by atoms with Crippen LogP contribution in [0.25, 0.3) is 16.4 Å². The maximum absolute atomic E-state index is 4.57. The zero-order valence-electron chi connectivity index (χ0n) is 18.7. The van der Waals surface area contributed by atoms with Gasteiger partial charge in [0.1, 0.15) is 5.65 Å². The Labute approximate surface area is 171 Å². The number of aromatic nitrogens is 2. The second-order valence-electron chi connectivity index (χ2n) is 8.44. The molecule has 4 unspecified atom stereocenters. The van der Waals surface area contributed by atoms with Gasteiger partial charge in [0.2, 0.25) is 0 Å². The Bertz CT molecular complexity index is 899. The number of pyridine rings is 1. The number of imidazole rings is 1. The van der Waals surface area contributed by atoms with Crippen molar-refractivity contribution in [1.82, 2.24) is 9.38 Å². The summed E-state index contributed by atoms with van der Waals surface area (Å²) in [6, 6.07) is 8.78. The van der Waals surface area contributed by atoms with Gasteiger partial charge < -0.3 is 4.40 Å². The first kappa shape index (κ1) is 20.9. The summed E-state index contributed by atoms with van der Waals surface area (Å²) in [6.45, 7) is 13.2. The van der Waals surface area contributed by atoms with E-state index in [4.69, 9.17) is 0 Å². The van der Waals surface area contributed by atoms with Gasteiger partial charge in [0, 0.05) is 29.4 Å². The van der Waals surface area contributed by atoms with E-state index in [1.54, 1.807) is 11.3 Å². The SMILES string of the molecule is CC.CCC(C)C(C)CC.c1ccc2c(c1)c1c(n3ccnc23)C2CCC1C2. The van der Waals surface area contributed by atoms with Gasteiger partial charge in [0.25, 0.3) is 0 Å². The third kappa shape index (κ3) is 3.58. The minimum Gasteiger partial charge on any atom is -0.303 e. The lowest BCUT2D eigenvalue weighted by Gasteiger charge is -2.19. The van der Waals surface area contributed by atoms with Crippen LogP contribution in [0, 0.1) is 11.8 Å². The van der Waals surface area contributed by atoms with Crippen LogP contribution in [0.5, 0.6) is 0 Å². The van der Waals surface area contributed by atoms with Crippen molar-refractivity contribution in [2.24, 2.45) is 11.8 Å². The van der Waals surface area contributed by atoms with E-state index >= 15 is 0 Å². The summed E-state index contributed by atoms with van der Waals surface area (Å²) in [5.74, 6) is 3.40. The molecule has 2 aliphatic rings. The fourth-order valence-corrected chi connectivity index (χ4v) is 5.02. The summed E-state index contributed by atoms with van der Waals surface area (Å²) in [4.78, 5) is 4.57. The van der Waals surface area contributed by atoms with Gasteiger partial charge in [0.15, 0.2) is 0 Å². The van der Waals surface area contributed by atoms with Crippen molar-refractivity contribution in [3.05, 3.63) is 47.9 Å². The van der Waals surface area contributed by atoms with E-state index in [0.29, 0.717) is 0 Å². The van der Waals surface area contributed by atoms with Crippen LogP contribution in [0.2, 0.25) is 0 Å². The van der Waals surface area contributed by atoms with Crippen LogP contribution in [-0.4, -0.2) is 9.38 Å². The first-order valence-corrected chi connectivity index (χ1v) is 11.5. The molecular formula is C26H38N2. The molecule has 0 N–H and O–H groups in total. The molecule has 2 bridgehead atoms. The molecule has 0 radical (unpaired) electrons. The average Bonchev–Trinajstić information content (AvgIpc) is 3.50. The molecule has 0 amide bonds. The van der Waals surface area contributed by atoms with E-state index in [-0.39, 0.29) is 0 Å². The van der Waals surface area contributed by atoms with Crippen molar-refractivity contribution >= 4 is 16.4 Å². The third-order valence-electron chi connectivity index (χ3n) is 7.12. The fourth-order valence-electron chi connectivity index (χ4n) is 5.02. The predicted molar refractivity (Wildman–Crippen MR) is 122 cm³/mol. The monoisotopic (exact) mass is 378 g/mol. The zero-order valence-corrected chi connectivity index (χ0v) is 18.7. The van der Waals surface area contributed by atoms with Crippen molar-refractivity contribution < 1.29 is 0 Å². The Kier molecular flexibility index (Phi) is 6.80. The van der Waals surface area contributed by atoms with Crippen LogP contribution in [0.15, 0.2) is 36.7 Å². The first-order valence-electron chi connectivity index (χ1n) is 11.5. The molecule has 152 valence electrons. The van der Waals surface area contributed by atoms with Gasteiger partial charge in [-0.25, -0.2) is 4.98 Å². The summed E-state index contributed by atoms with van der Waals surface area (Å²) < 4.78 is 2.35. The number of fused-ring (bicyclic) bond motifs is 10. The molecular weight excluding hydrogens is 340 g/mol. The summed E-state index contributed by atoms with van der Waals surface area (Å²) in [7, 11) is 0. The Morgan fingerprint density at radius 2 is 1.57 bits per heavy atom. The van der Waals surface area contributed by atoms with Gasteiger partial charge >= 0.3 is 0 Å². The molecule has 0 saturated heterocycles. The molecule has 0 aliphatic heterocycles. The van der Waals surface area contributed by atoms with Gasteiger partial charge in [-0.1, -0.05) is 78.6 Å². The lowest BCUT2D eigenvalue weighted by atomic mass is 9.91. The molecule has 1 fully saturated rings. The maximum atomic E-state index is 4.57. The maximum Gasteiger partial charge on any atom is 0.144 e. The molecule has 1 saturated carbocycles. The number of hydrogen-bond donors (Lipinski definition) is 0. The van der Waals surface area contributed by atoms with Gasteiger partial charge in [-0.15, -0.1) is 0 Å². The minimum atomic E-state index is 0.770. The highest BCUT2D eigenvalue weighted by atomic mass is 15.0. The summed E-state index contributed by atoms with van der Waals surface area (Å²) in [5, 5.41) is 2.76. The van der Waals surface area contributed by atoms with Crippen molar-refractivity contribution in [1.29, 1.82) is 0 Å². The fraction of sp³-hybridized carbons (Fsp3) is 0.577. The van der Waals surface area contributed by atoms with Crippen LogP contribution in [0.4, 0.5) is 0 Å². The molecule has 0 spiro atoms. The standard InChI is InChI=1S/C16H14N2.C8H18.C2H6/c1-2-4-13-12(3-1)14-10-5-6-11(9-10)15(14)18-8-7-17-16(13)18;1-5-7(3)8(4)6-2;1-2/h1-4,7-8,10-11H,5-6,9H2;7-8H,5-6H2,1-4H3;1-2H3. The molecule has 3 aromatic rings. The van der Waals surface area contributed by atoms with Gasteiger partial charge in [0.05, 0.1) is 0 Å². The van der Waals surface area contributed by atoms with E-state index < -0.39 is 0 Å². The molecule has 5 rings (SSSR count). The second kappa shape index (κ2) is 9.11. The number of hydrogen-bond acceptors (Lipinski definition) is 1. The topological polar surface area (TPSA) is 17.3 Å². The minimum absolute atomic E-state index is 0.770. The highest BCUT2D eigenvalue weighted by molar-refractivity contribution is 5.97. The molecule has 2 aromatic heterocycles. The Morgan fingerprint density at radius 1 is 0.964 bits per heavy atom. The third-order valence-corrected chi connectivity index (χ3v) is 7.12. The molecule has 2 heterocycles. The van der Waals surface area contributed by atoms with Crippen molar-refractivity contribution in [3.63, 3.8) is 0 Å². The number of rotatable bonds is 3. The van der Waals surface area contributed by atoms with Crippen LogP contribution >= 0.6 is 0 Å². The number of nitrogens with zero attached hydrogens (tertiary/aromatic N) is 2. The Morgan fingerprint density at radius 3 is 2.21 bits per heavy atom. The quantitative estimate of drug-likeness (QED) is 0.452. The number of benzene rings is 1. The van der Waals surface area contributed by atoms with E-state index in [9.17, 15) is 0 Å². The molecule has 1 aromatic carbocycles. The smallest absolute Gasteiger partial charge is 0.144 e. The largest absolute Gasteiger partial charge is 0.303 e. The first-order chi connectivity index (χ1) is 13.7. The van der Waals surface area contributed by atoms with E-state index in [2.05, 4.69) is 67.5 Å². The van der Waals surface area contributed by atoms with E-state index in [1.807, 2.05) is 20.0 Å². The van der Waals surface area contributed by atoms with Crippen LogP contribution in [0.1, 0.15) is 96.7 Å². The van der Waals surface area contributed by atoms with E-state index in [1.165, 1.54) is 42.9 Å². The Hall–Kier alpha value is -1.83. The molecule has 2 heteroatoms. The van der Waals surface area contributed by atoms with Crippen molar-refractivity contribution in [2.75, 3.05) is 0 Å². The molecule has 4 atom stereocenters. The zero-order chi connectivity index (χ0) is 20.3.